The van der Waals surface area contributed by atoms with Crippen molar-refractivity contribution in [3.05, 3.63) is 5.82 Å². The number of hydrogen-bond acceptors (Lipinski definition) is 5. The molecule has 1 saturated heterocycles. The summed E-state index contributed by atoms with van der Waals surface area (Å²) < 4.78 is 1.94. The summed E-state index contributed by atoms with van der Waals surface area (Å²) in [5.41, 5.74) is 0. The van der Waals surface area contributed by atoms with E-state index in [9.17, 15) is 0 Å². The molecular formula is C9H17N5S. The third kappa shape index (κ3) is 2.49. The average Bonchev–Trinajstić information content (AvgIpc) is 2.88. The molecule has 0 aromatic carbocycles. The van der Waals surface area contributed by atoms with E-state index in [1.165, 1.54) is 17.9 Å². The Morgan fingerprint density at radius 2 is 2.53 bits per heavy atom. The number of aromatic nitrogens is 4. The van der Waals surface area contributed by atoms with Gasteiger partial charge < -0.3 is 5.32 Å². The molecule has 5 nitrogen and oxygen atoms in total. The van der Waals surface area contributed by atoms with E-state index in [4.69, 9.17) is 0 Å². The molecule has 6 heteroatoms. The Labute approximate surface area is 94.0 Å². The van der Waals surface area contributed by atoms with Crippen LogP contribution in [0.5, 0.6) is 0 Å². The molecule has 1 aromatic heterocycles. The van der Waals surface area contributed by atoms with E-state index in [2.05, 4.69) is 27.8 Å². The topological polar surface area (TPSA) is 55.6 Å². The maximum atomic E-state index is 4.06. The Balaban J connectivity index is 2.03. The van der Waals surface area contributed by atoms with Crippen molar-refractivity contribution in [1.82, 2.24) is 25.5 Å². The van der Waals surface area contributed by atoms with Crippen molar-refractivity contribution in [2.75, 3.05) is 18.6 Å². The van der Waals surface area contributed by atoms with E-state index < -0.39 is 0 Å². The highest BCUT2D eigenvalue weighted by molar-refractivity contribution is 7.99. The van der Waals surface area contributed by atoms with E-state index in [-0.39, 0.29) is 6.04 Å². The second-order valence-electron chi connectivity index (χ2n) is 3.96. The van der Waals surface area contributed by atoms with Crippen molar-refractivity contribution >= 4 is 11.8 Å². The summed E-state index contributed by atoms with van der Waals surface area (Å²) in [4.78, 5) is 0. The Morgan fingerprint density at radius 3 is 3.20 bits per heavy atom. The van der Waals surface area contributed by atoms with Crippen LogP contribution in [0.4, 0.5) is 0 Å². The molecule has 1 aromatic rings. The predicted molar refractivity (Wildman–Crippen MR) is 60.7 cm³/mol. The van der Waals surface area contributed by atoms with Crippen LogP contribution in [-0.2, 0) is 6.54 Å². The van der Waals surface area contributed by atoms with Crippen molar-refractivity contribution in [3.8, 4) is 0 Å². The highest BCUT2D eigenvalue weighted by Gasteiger charge is 2.20. The first-order chi connectivity index (χ1) is 7.31. The van der Waals surface area contributed by atoms with E-state index in [0.29, 0.717) is 0 Å². The monoisotopic (exact) mass is 227 g/mol. The molecule has 0 amide bonds. The fraction of sp³-hybridized carbons (Fsp3) is 0.889. The summed E-state index contributed by atoms with van der Waals surface area (Å²) in [7, 11) is 1.93. The van der Waals surface area contributed by atoms with Gasteiger partial charge in [0.25, 0.3) is 0 Å². The van der Waals surface area contributed by atoms with Crippen LogP contribution in [0.1, 0.15) is 25.2 Å². The van der Waals surface area contributed by atoms with Gasteiger partial charge >= 0.3 is 0 Å². The minimum atomic E-state index is 0.217. The zero-order valence-corrected chi connectivity index (χ0v) is 10.00. The van der Waals surface area contributed by atoms with Crippen LogP contribution in [0.25, 0.3) is 0 Å². The smallest absolute Gasteiger partial charge is 0.167 e. The van der Waals surface area contributed by atoms with Gasteiger partial charge in [-0.15, -0.1) is 5.10 Å². The van der Waals surface area contributed by atoms with Gasteiger partial charge in [-0.3, -0.25) is 0 Å². The fourth-order valence-corrected chi connectivity index (χ4v) is 3.02. The Morgan fingerprint density at radius 1 is 1.67 bits per heavy atom. The van der Waals surface area contributed by atoms with Crippen molar-refractivity contribution in [2.45, 2.75) is 25.9 Å². The van der Waals surface area contributed by atoms with Gasteiger partial charge in [0, 0.05) is 6.54 Å². The van der Waals surface area contributed by atoms with Crippen LogP contribution >= 0.6 is 11.8 Å². The second kappa shape index (κ2) is 4.94. The van der Waals surface area contributed by atoms with Gasteiger partial charge in [0.1, 0.15) is 0 Å². The molecule has 84 valence electrons. The Kier molecular flexibility index (Phi) is 3.58. The minimum absolute atomic E-state index is 0.217. The average molecular weight is 227 g/mol. The molecule has 2 rings (SSSR count). The summed E-state index contributed by atoms with van der Waals surface area (Å²) in [6.07, 6.45) is 1.29. The zero-order valence-electron chi connectivity index (χ0n) is 9.18. The largest absolute Gasteiger partial charge is 0.311 e. The molecule has 1 aliphatic heterocycles. The van der Waals surface area contributed by atoms with Gasteiger partial charge in [-0.1, -0.05) is 0 Å². The molecule has 1 aliphatic rings. The SMILES string of the molecule is CNC(C)c1nnnn1CC1CCSC1. The number of nitrogens with zero attached hydrogens (tertiary/aromatic N) is 4. The molecule has 2 unspecified atom stereocenters. The van der Waals surface area contributed by atoms with Gasteiger partial charge in [-0.25, -0.2) is 4.68 Å². The van der Waals surface area contributed by atoms with Crippen molar-refractivity contribution in [3.63, 3.8) is 0 Å². The Bertz CT molecular complexity index is 307. The molecule has 1 fully saturated rings. The first-order valence-electron chi connectivity index (χ1n) is 5.32. The van der Waals surface area contributed by atoms with E-state index in [0.717, 1.165) is 18.3 Å². The maximum Gasteiger partial charge on any atom is 0.167 e. The molecule has 0 spiro atoms. The molecule has 1 N–H and O–H groups in total. The number of thioether (sulfide) groups is 1. The van der Waals surface area contributed by atoms with Crippen LogP contribution in [0.3, 0.4) is 0 Å². The van der Waals surface area contributed by atoms with Crippen LogP contribution < -0.4 is 5.32 Å². The van der Waals surface area contributed by atoms with Crippen molar-refractivity contribution in [2.24, 2.45) is 5.92 Å². The first-order valence-corrected chi connectivity index (χ1v) is 6.47. The molecular weight excluding hydrogens is 210 g/mol. The lowest BCUT2D eigenvalue weighted by molar-refractivity contribution is 0.422. The molecule has 0 bridgehead atoms. The van der Waals surface area contributed by atoms with Crippen molar-refractivity contribution in [1.29, 1.82) is 0 Å². The zero-order chi connectivity index (χ0) is 10.7. The standard InChI is InChI=1S/C9H17N5S/c1-7(10-2)9-11-12-13-14(9)5-8-3-4-15-6-8/h7-8,10H,3-6H2,1-2H3. The summed E-state index contributed by atoms with van der Waals surface area (Å²) in [6, 6.07) is 0.217. The fourth-order valence-electron chi connectivity index (χ4n) is 1.75. The molecule has 0 saturated carbocycles. The lowest BCUT2D eigenvalue weighted by atomic mass is 10.1. The summed E-state index contributed by atoms with van der Waals surface area (Å²) in [6.45, 7) is 3.03. The van der Waals surface area contributed by atoms with Gasteiger partial charge in [0.15, 0.2) is 5.82 Å². The van der Waals surface area contributed by atoms with Gasteiger partial charge in [0.2, 0.25) is 0 Å². The quantitative estimate of drug-likeness (QED) is 0.821. The van der Waals surface area contributed by atoms with Crippen LogP contribution in [-0.4, -0.2) is 38.8 Å². The normalized spacial score (nSPS) is 23.2. The highest BCUT2D eigenvalue weighted by atomic mass is 32.2. The van der Waals surface area contributed by atoms with Gasteiger partial charge in [-0.2, -0.15) is 11.8 Å². The summed E-state index contributed by atoms with van der Waals surface area (Å²) in [5, 5.41) is 15.0. The van der Waals surface area contributed by atoms with E-state index in [1.807, 2.05) is 23.5 Å². The Hall–Kier alpha value is -0.620. The molecule has 0 radical (unpaired) electrons. The lowest BCUT2D eigenvalue weighted by Crippen LogP contribution is -2.21. The minimum Gasteiger partial charge on any atom is -0.311 e. The highest BCUT2D eigenvalue weighted by Crippen LogP contribution is 2.25. The summed E-state index contributed by atoms with van der Waals surface area (Å²) >= 11 is 2.03. The number of nitrogens with one attached hydrogen (secondary N) is 1. The molecule has 0 aliphatic carbocycles. The van der Waals surface area contributed by atoms with Crippen LogP contribution in [0.2, 0.25) is 0 Å². The van der Waals surface area contributed by atoms with Crippen LogP contribution in [0.15, 0.2) is 0 Å². The van der Waals surface area contributed by atoms with E-state index >= 15 is 0 Å². The maximum absolute atomic E-state index is 4.06. The van der Waals surface area contributed by atoms with Crippen LogP contribution in [0, 0.1) is 5.92 Å². The first kappa shape index (κ1) is 10.9. The lowest BCUT2D eigenvalue weighted by Gasteiger charge is -2.12. The second-order valence-corrected chi connectivity index (χ2v) is 5.11. The third-order valence-corrected chi connectivity index (χ3v) is 4.07. The molecule has 2 atom stereocenters. The predicted octanol–water partition coefficient (Wildman–Crippen LogP) is 0.707. The number of hydrogen-bond donors (Lipinski definition) is 1. The van der Waals surface area contributed by atoms with Gasteiger partial charge in [0.05, 0.1) is 6.04 Å². The molecule has 15 heavy (non-hydrogen) atoms. The summed E-state index contributed by atoms with van der Waals surface area (Å²) in [5.74, 6) is 4.20. The molecule has 2 heterocycles. The number of rotatable bonds is 4. The third-order valence-electron chi connectivity index (χ3n) is 2.84. The van der Waals surface area contributed by atoms with Gasteiger partial charge in [-0.05, 0) is 48.2 Å². The van der Waals surface area contributed by atoms with E-state index in [1.54, 1.807) is 0 Å². The number of tetrazole rings is 1. The van der Waals surface area contributed by atoms with Crippen molar-refractivity contribution < 1.29 is 0 Å².